The summed E-state index contributed by atoms with van der Waals surface area (Å²) in [4.78, 5) is 33.6. The van der Waals surface area contributed by atoms with Crippen LogP contribution in [-0.4, -0.2) is 21.2 Å². The number of fused-ring (bicyclic) bond motifs is 3. The van der Waals surface area contributed by atoms with Crippen LogP contribution >= 0.6 is 34.7 Å². The van der Waals surface area contributed by atoms with Crippen molar-refractivity contribution in [2.75, 3.05) is 11.1 Å². The van der Waals surface area contributed by atoms with Gasteiger partial charge in [-0.15, -0.1) is 11.3 Å². The molecule has 0 saturated carbocycles. The Bertz CT molecular complexity index is 1460. The van der Waals surface area contributed by atoms with Crippen LogP contribution < -0.4 is 10.9 Å². The van der Waals surface area contributed by atoms with Crippen molar-refractivity contribution in [3.63, 3.8) is 0 Å². The fraction of sp³-hybridized carbons (Fsp3) is 0.296. The number of thioether (sulfide) groups is 1. The van der Waals surface area contributed by atoms with Gasteiger partial charge in [-0.2, -0.15) is 0 Å². The Hall–Kier alpha value is -2.61. The summed E-state index contributed by atoms with van der Waals surface area (Å²) in [6.45, 7) is 4.20. The molecule has 180 valence electrons. The minimum atomic E-state index is -0.134. The molecule has 0 atom stereocenters. The molecule has 2 aromatic heterocycles. The number of aromatic nitrogens is 2. The smallest absolute Gasteiger partial charge is 0.267 e. The molecule has 1 N–H and O–H groups in total. The van der Waals surface area contributed by atoms with E-state index in [1.54, 1.807) is 28.0 Å². The molecule has 0 spiro atoms. The summed E-state index contributed by atoms with van der Waals surface area (Å²) < 4.78 is 1.63. The van der Waals surface area contributed by atoms with Crippen LogP contribution in [0.25, 0.3) is 15.9 Å². The van der Waals surface area contributed by atoms with Gasteiger partial charge in [0.25, 0.3) is 5.56 Å². The van der Waals surface area contributed by atoms with E-state index in [2.05, 4.69) is 19.2 Å². The van der Waals surface area contributed by atoms with Crippen LogP contribution in [0.5, 0.6) is 0 Å². The van der Waals surface area contributed by atoms with Crippen LogP contribution in [0.15, 0.2) is 58.5 Å². The van der Waals surface area contributed by atoms with Crippen molar-refractivity contribution >= 4 is 56.5 Å². The summed E-state index contributed by atoms with van der Waals surface area (Å²) in [7, 11) is 0. The van der Waals surface area contributed by atoms with E-state index in [0.717, 1.165) is 52.7 Å². The predicted octanol–water partition coefficient (Wildman–Crippen LogP) is 6.83. The van der Waals surface area contributed by atoms with Gasteiger partial charge in [0.15, 0.2) is 5.16 Å². The third-order valence-corrected chi connectivity index (χ3v) is 8.61. The molecule has 2 heterocycles. The van der Waals surface area contributed by atoms with Crippen molar-refractivity contribution in [2.45, 2.75) is 50.6 Å². The van der Waals surface area contributed by atoms with Gasteiger partial charge >= 0.3 is 0 Å². The topological polar surface area (TPSA) is 64.0 Å². The highest BCUT2D eigenvalue weighted by Gasteiger charge is 2.23. The summed E-state index contributed by atoms with van der Waals surface area (Å²) in [6.07, 6.45) is 4.15. The molecule has 1 aliphatic rings. The Kier molecular flexibility index (Phi) is 7.00. The largest absolute Gasteiger partial charge is 0.325 e. The number of halogens is 1. The lowest BCUT2D eigenvalue weighted by atomic mass is 9.97. The molecule has 4 aromatic rings. The number of hydrogen-bond donors (Lipinski definition) is 1. The second-order valence-electron chi connectivity index (χ2n) is 8.98. The highest BCUT2D eigenvalue weighted by atomic mass is 35.5. The Labute approximate surface area is 217 Å². The van der Waals surface area contributed by atoms with Gasteiger partial charge in [-0.05, 0) is 73.1 Å². The first-order valence-corrected chi connectivity index (χ1v) is 13.9. The van der Waals surface area contributed by atoms with Crippen LogP contribution in [0.2, 0.25) is 5.02 Å². The zero-order chi connectivity index (χ0) is 24.5. The quantitative estimate of drug-likeness (QED) is 0.222. The fourth-order valence-corrected chi connectivity index (χ4v) is 6.77. The number of thiophene rings is 1. The van der Waals surface area contributed by atoms with Gasteiger partial charge in [0, 0.05) is 15.6 Å². The molecular weight excluding hydrogens is 498 g/mol. The van der Waals surface area contributed by atoms with Gasteiger partial charge in [-0.3, -0.25) is 14.2 Å². The van der Waals surface area contributed by atoms with E-state index in [4.69, 9.17) is 16.6 Å². The van der Waals surface area contributed by atoms with E-state index in [9.17, 15) is 9.59 Å². The van der Waals surface area contributed by atoms with Crippen molar-refractivity contribution < 1.29 is 4.79 Å². The van der Waals surface area contributed by atoms with E-state index in [1.165, 1.54) is 16.6 Å². The van der Waals surface area contributed by atoms with Crippen molar-refractivity contribution in [3.05, 3.63) is 79.9 Å². The molecular formula is C27H26ClN3O2S2. The van der Waals surface area contributed by atoms with Crippen LogP contribution in [0, 0.1) is 0 Å². The lowest BCUT2D eigenvalue weighted by Gasteiger charge is -2.15. The molecule has 5 nitrogen and oxygen atoms in total. The molecule has 0 radical (unpaired) electrons. The Morgan fingerprint density at radius 3 is 2.66 bits per heavy atom. The molecule has 0 saturated heterocycles. The van der Waals surface area contributed by atoms with Crippen molar-refractivity contribution in [1.82, 2.24) is 9.55 Å². The van der Waals surface area contributed by atoms with Gasteiger partial charge in [-0.1, -0.05) is 55.4 Å². The summed E-state index contributed by atoms with van der Waals surface area (Å²) >= 11 is 9.00. The van der Waals surface area contributed by atoms with Gasteiger partial charge in [-0.25, -0.2) is 4.98 Å². The van der Waals surface area contributed by atoms with E-state index < -0.39 is 0 Å². The number of nitrogens with zero attached hydrogens (tertiary/aromatic N) is 2. The zero-order valence-corrected chi connectivity index (χ0v) is 22.0. The fourth-order valence-electron chi connectivity index (χ4n) is 4.53. The zero-order valence-electron chi connectivity index (χ0n) is 19.6. The first kappa shape index (κ1) is 24.1. The number of para-hydroxylation sites is 1. The van der Waals surface area contributed by atoms with Gasteiger partial charge in [0.05, 0.1) is 16.8 Å². The lowest BCUT2D eigenvalue weighted by molar-refractivity contribution is -0.113. The predicted molar refractivity (Wildman–Crippen MR) is 147 cm³/mol. The minimum absolute atomic E-state index is 0.0789. The van der Waals surface area contributed by atoms with Crippen molar-refractivity contribution in [1.29, 1.82) is 0 Å². The van der Waals surface area contributed by atoms with E-state index in [-0.39, 0.29) is 17.2 Å². The van der Waals surface area contributed by atoms with Crippen molar-refractivity contribution in [3.8, 4) is 5.69 Å². The van der Waals surface area contributed by atoms with E-state index in [1.807, 2.05) is 36.4 Å². The van der Waals surface area contributed by atoms with Crippen molar-refractivity contribution in [2.24, 2.45) is 0 Å². The standard InChI is InChI=1S/C27H26ClN3O2S2/c1-16(2)19-7-3-5-9-21(19)29-23(32)15-34-27-30-25-24(20-8-4-6-10-22(20)35-25)26(33)31(27)18-13-11-17(28)12-14-18/h3,5,7,9,11-14,16H,4,6,8,10,15H2,1-2H3,(H,29,32). The number of anilines is 1. The number of nitrogens with one attached hydrogen (secondary N) is 1. The maximum Gasteiger partial charge on any atom is 0.267 e. The second kappa shape index (κ2) is 10.2. The molecule has 0 aliphatic heterocycles. The summed E-state index contributed by atoms with van der Waals surface area (Å²) in [5.74, 6) is 0.303. The Morgan fingerprint density at radius 2 is 1.89 bits per heavy atom. The molecule has 0 fully saturated rings. The number of aryl methyl sites for hydroxylation is 2. The van der Waals surface area contributed by atoms with Gasteiger partial charge < -0.3 is 5.32 Å². The number of carbonyl (C=O) groups excluding carboxylic acids is 1. The first-order valence-electron chi connectivity index (χ1n) is 11.8. The lowest BCUT2D eigenvalue weighted by Crippen LogP contribution is -2.23. The molecule has 1 aliphatic carbocycles. The van der Waals surface area contributed by atoms with Gasteiger partial charge in [0.1, 0.15) is 4.83 Å². The number of benzene rings is 2. The summed E-state index contributed by atoms with van der Waals surface area (Å²) in [5.41, 5.74) is 3.67. The average molecular weight is 524 g/mol. The van der Waals surface area contributed by atoms with Crippen LogP contribution in [0.1, 0.15) is 48.6 Å². The number of carbonyl (C=O) groups is 1. The third-order valence-electron chi connectivity index (χ3n) is 6.23. The molecule has 2 aromatic carbocycles. The number of amides is 1. The van der Waals surface area contributed by atoms with E-state index >= 15 is 0 Å². The molecule has 0 unspecified atom stereocenters. The highest BCUT2D eigenvalue weighted by molar-refractivity contribution is 7.99. The molecule has 5 rings (SSSR count). The highest BCUT2D eigenvalue weighted by Crippen LogP contribution is 2.35. The first-order chi connectivity index (χ1) is 16.9. The maximum absolute atomic E-state index is 13.8. The minimum Gasteiger partial charge on any atom is -0.325 e. The molecule has 1 amide bonds. The van der Waals surface area contributed by atoms with E-state index in [0.29, 0.717) is 21.8 Å². The van der Waals surface area contributed by atoms with Crippen LogP contribution in [0.4, 0.5) is 5.69 Å². The number of rotatable bonds is 6. The molecule has 8 heteroatoms. The average Bonchev–Trinajstić information content (AvgIpc) is 3.22. The summed E-state index contributed by atoms with van der Waals surface area (Å²) in [5, 5.41) is 4.86. The third kappa shape index (κ3) is 4.90. The monoisotopic (exact) mass is 523 g/mol. The Balaban J connectivity index is 1.50. The van der Waals surface area contributed by atoms with Crippen LogP contribution in [0.3, 0.4) is 0 Å². The molecule has 35 heavy (non-hydrogen) atoms. The van der Waals surface area contributed by atoms with Crippen LogP contribution in [-0.2, 0) is 17.6 Å². The number of hydrogen-bond acceptors (Lipinski definition) is 5. The normalized spacial score (nSPS) is 13.3. The maximum atomic E-state index is 13.8. The summed E-state index contributed by atoms with van der Waals surface area (Å²) in [6, 6.07) is 15.0. The second-order valence-corrected chi connectivity index (χ2v) is 11.4. The van der Waals surface area contributed by atoms with Gasteiger partial charge in [0.2, 0.25) is 5.91 Å². The molecule has 0 bridgehead atoms. The Morgan fingerprint density at radius 1 is 1.14 bits per heavy atom. The SMILES string of the molecule is CC(C)c1ccccc1NC(=O)CSc1nc2sc3c(c2c(=O)n1-c1ccc(Cl)cc1)CCCC3.